The van der Waals surface area contributed by atoms with E-state index >= 15 is 0 Å². The molecule has 1 fully saturated rings. The number of aryl methyl sites for hydroxylation is 1. The van der Waals surface area contributed by atoms with Crippen molar-refractivity contribution >= 4 is 21.9 Å². The molecule has 4 nitrogen and oxygen atoms in total. The highest BCUT2D eigenvalue weighted by Crippen LogP contribution is 2.40. The van der Waals surface area contributed by atoms with E-state index in [0.29, 0.717) is 11.8 Å². The highest BCUT2D eigenvalue weighted by molar-refractivity contribution is 5.99. The highest BCUT2D eigenvalue weighted by Gasteiger charge is 2.21. The van der Waals surface area contributed by atoms with Crippen molar-refractivity contribution < 1.29 is 0 Å². The van der Waals surface area contributed by atoms with Crippen LogP contribution in [0.5, 0.6) is 0 Å². The van der Waals surface area contributed by atoms with Crippen molar-refractivity contribution in [1.82, 2.24) is 19.9 Å². The van der Waals surface area contributed by atoms with Crippen molar-refractivity contribution in [2.45, 2.75) is 38.5 Å². The SMILES string of the molecule is CC(C)c1c(-c2cn(C)c3ncccc23)[nH]c2ccc(C3CCNCC3)cc12. The molecule has 4 heteroatoms. The maximum atomic E-state index is 4.57. The molecule has 0 spiro atoms. The smallest absolute Gasteiger partial charge is 0.140 e. The summed E-state index contributed by atoms with van der Waals surface area (Å²) in [5.74, 6) is 1.12. The van der Waals surface area contributed by atoms with Crippen molar-refractivity contribution in [3.05, 3.63) is 53.9 Å². The fourth-order valence-electron chi connectivity index (χ4n) is 4.86. The molecule has 144 valence electrons. The van der Waals surface area contributed by atoms with Crippen LogP contribution < -0.4 is 5.32 Å². The van der Waals surface area contributed by atoms with E-state index in [1.165, 1.54) is 51.5 Å². The lowest BCUT2D eigenvalue weighted by atomic mass is 9.88. The zero-order valence-corrected chi connectivity index (χ0v) is 16.9. The van der Waals surface area contributed by atoms with Gasteiger partial charge >= 0.3 is 0 Å². The van der Waals surface area contributed by atoms with Crippen molar-refractivity contribution in [3.63, 3.8) is 0 Å². The molecular weight excluding hydrogens is 344 g/mol. The Bertz CT molecular complexity index is 1140. The van der Waals surface area contributed by atoms with Crippen LogP contribution in [0.2, 0.25) is 0 Å². The van der Waals surface area contributed by atoms with Gasteiger partial charge in [-0.1, -0.05) is 19.9 Å². The molecule has 0 amide bonds. The molecule has 1 aliphatic heterocycles. The number of pyridine rings is 1. The average Bonchev–Trinajstić information content (AvgIpc) is 3.26. The van der Waals surface area contributed by atoms with Crippen molar-refractivity contribution in [3.8, 4) is 11.3 Å². The van der Waals surface area contributed by atoms with Gasteiger partial charge in [0.1, 0.15) is 5.65 Å². The normalized spacial score (nSPS) is 15.9. The molecular formula is C24H28N4. The summed E-state index contributed by atoms with van der Waals surface area (Å²) in [6.45, 7) is 6.85. The van der Waals surface area contributed by atoms with Gasteiger partial charge in [-0.15, -0.1) is 0 Å². The lowest BCUT2D eigenvalue weighted by Gasteiger charge is -2.23. The fraction of sp³-hybridized carbons (Fsp3) is 0.375. The summed E-state index contributed by atoms with van der Waals surface area (Å²) >= 11 is 0. The van der Waals surface area contributed by atoms with Crippen LogP contribution in [0.4, 0.5) is 0 Å². The predicted molar refractivity (Wildman–Crippen MR) is 117 cm³/mol. The van der Waals surface area contributed by atoms with Crippen LogP contribution in [0, 0.1) is 0 Å². The number of nitrogens with zero attached hydrogens (tertiary/aromatic N) is 2. The Hall–Kier alpha value is -2.59. The summed E-state index contributed by atoms with van der Waals surface area (Å²) in [4.78, 5) is 8.32. The molecule has 28 heavy (non-hydrogen) atoms. The zero-order valence-electron chi connectivity index (χ0n) is 16.9. The van der Waals surface area contributed by atoms with Gasteiger partial charge in [0, 0.05) is 41.3 Å². The average molecular weight is 373 g/mol. The molecule has 4 aromatic rings. The van der Waals surface area contributed by atoms with E-state index in [2.05, 4.69) is 71.2 Å². The third-order valence-electron chi connectivity index (χ3n) is 6.25. The van der Waals surface area contributed by atoms with Gasteiger partial charge in [0.2, 0.25) is 0 Å². The van der Waals surface area contributed by atoms with Crippen LogP contribution in [-0.4, -0.2) is 27.6 Å². The Morgan fingerprint density at radius 3 is 2.71 bits per heavy atom. The molecule has 0 aliphatic carbocycles. The third-order valence-corrected chi connectivity index (χ3v) is 6.25. The molecule has 1 aromatic carbocycles. The zero-order chi connectivity index (χ0) is 19.3. The summed E-state index contributed by atoms with van der Waals surface area (Å²) in [6, 6.07) is 11.3. The lowest BCUT2D eigenvalue weighted by molar-refractivity contribution is 0.460. The third kappa shape index (κ3) is 2.75. The van der Waals surface area contributed by atoms with Crippen LogP contribution in [-0.2, 0) is 7.05 Å². The topological polar surface area (TPSA) is 45.6 Å². The monoisotopic (exact) mass is 372 g/mol. The van der Waals surface area contributed by atoms with E-state index in [1.54, 1.807) is 0 Å². The standard InChI is InChI=1S/C24H28N4/c1-15(2)22-19-13-17(16-8-11-25-12-9-16)6-7-21(19)27-23(22)20-14-28(3)24-18(20)5-4-10-26-24/h4-7,10,13-16,25,27H,8-9,11-12H2,1-3H3. The van der Waals surface area contributed by atoms with E-state index in [4.69, 9.17) is 0 Å². The van der Waals surface area contributed by atoms with Crippen molar-refractivity contribution in [2.75, 3.05) is 13.1 Å². The first-order valence-electron chi connectivity index (χ1n) is 10.4. The van der Waals surface area contributed by atoms with Gasteiger partial charge in [0.25, 0.3) is 0 Å². The second kappa shape index (κ2) is 6.78. The van der Waals surface area contributed by atoms with Crippen LogP contribution in [0.3, 0.4) is 0 Å². The maximum absolute atomic E-state index is 4.57. The number of rotatable bonds is 3. The molecule has 4 heterocycles. The van der Waals surface area contributed by atoms with Gasteiger partial charge in [0.05, 0.1) is 5.69 Å². The largest absolute Gasteiger partial charge is 0.354 e. The molecule has 1 saturated heterocycles. The molecule has 0 bridgehead atoms. The Morgan fingerprint density at radius 1 is 1.11 bits per heavy atom. The first-order valence-corrected chi connectivity index (χ1v) is 10.4. The Kier molecular flexibility index (Phi) is 4.24. The molecule has 0 radical (unpaired) electrons. The summed E-state index contributed by atoms with van der Waals surface area (Å²) in [6.07, 6.45) is 6.54. The van der Waals surface area contributed by atoms with Gasteiger partial charge in [-0.05, 0) is 73.2 Å². The van der Waals surface area contributed by atoms with Gasteiger partial charge in [-0.3, -0.25) is 0 Å². The molecule has 1 aliphatic rings. The number of nitrogens with one attached hydrogen (secondary N) is 2. The molecule has 2 N–H and O–H groups in total. The van der Waals surface area contributed by atoms with E-state index < -0.39 is 0 Å². The second-order valence-electron chi connectivity index (χ2n) is 8.43. The minimum absolute atomic E-state index is 0.443. The Balaban J connectivity index is 1.71. The number of aromatic nitrogens is 3. The first kappa shape index (κ1) is 17.5. The maximum Gasteiger partial charge on any atom is 0.140 e. The van der Waals surface area contributed by atoms with Gasteiger partial charge in [-0.2, -0.15) is 0 Å². The van der Waals surface area contributed by atoms with E-state index in [9.17, 15) is 0 Å². The van der Waals surface area contributed by atoms with Crippen LogP contribution in [0.1, 0.15) is 49.7 Å². The van der Waals surface area contributed by atoms with Gasteiger partial charge < -0.3 is 14.9 Å². The number of aromatic amines is 1. The van der Waals surface area contributed by atoms with E-state index in [-0.39, 0.29) is 0 Å². The molecule has 3 aromatic heterocycles. The van der Waals surface area contributed by atoms with Crippen LogP contribution in [0.25, 0.3) is 33.2 Å². The molecule has 0 saturated carbocycles. The Morgan fingerprint density at radius 2 is 1.93 bits per heavy atom. The van der Waals surface area contributed by atoms with Gasteiger partial charge in [-0.25, -0.2) is 4.98 Å². The minimum atomic E-state index is 0.443. The van der Waals surface area contributed by atoms with Crippen LogP contribution >= 0.6 is 0 Å². The summed E-state index contributed by atoms with van der Waals surface area (Å²) < 4.78 is 2.13. The Labute approximate surface area is 166 Å². The lowest BCUT2D eigenvalue weighted by Crippen LogP contribution is -2.26. The predicted octanol–water partition coefficient (Wildman–Crippen LogP) is 5.31. The summed E-state index contributed by atoms with van der Waals surface area (Å²) in [5, 5.41) is 6.06. The van der Waals surface area contributed by atoms with E-state index in [1.807, 2.05) is 12.3 Å². The van der Waals surface area contributed by atoms with Crippen molar-refractivity contribution in [1.29, 1.82) is 0 Å². The number of hydrogen-bond donors (Lipinski definition) is 2. The number of benzene rings is 1. The summed E-state index contributed by atoms with van der Waals surface area (Å²) in [5.41, 5.74) is 7.65. The second-order valence-corrected chi connectivity index (χ2v) is 8.43. The van der Waals surface area contributed by atoms with Gasteiger partial charge in [0.15, 0.2) is 0 Å². The number of fused-ring (bicyclic) bond motifs is 2. The number of hydrogen-bond acceptors (Lipinski definition) is 2. The molecule has 5 rings (SSSR count). The summed E-state index contributed by atoms with van der Waals surface area (Å²) in [7, 11) is 2.08. The first-order chi connectivity index (χ1) is 13.6. The fourth-order valence-corrected chi connectivity index (χ4v) is 4.86. The molecule has 0 unspecified atom stereocenters. The quantitative estimate of drug-likeness (QED) is 0.512. The van der Waals surface area contributed by atoms with Crippen LogP contribution in [0.15, 0.2) is 42.7 Å². The number of piperidine rings is 1. The molecule has 0 atom stereocenters. The van der Waals surface area contributed by atoms with Crippen molar-refractivity contribution in [2.24, 2.45) is 7.05 Å². The highest BCUT2D eigenvalue weighted by atomic mass is 15.0. The van der Waals surface area contributed by atoms with E-state index in [0.717, 1.165) is 18.7 Å². The minimum Gasteiger partial charge on any atom is -0.354 e. The number of H-pyrrole nitrogens is 1.